The summed E-state index contributed by atoms with van der Waals surface area (Å²) in [5.74, 6) is 0. The van der Waals surface area contributed by atoms with Gasteiger partial charge in [-0.15, -0.1) is 0 Å². The van der Waals surface area contributed by atoms with Crippen molar-refractivity contribution >= 4 is 5.69 Å². The van der Waals surface area contributed by atoms with Gasteiger partial charge >= 0.3 is 5.69 Å². The molecule has 1 fully saturated rings. The Morgan fingerprint density at radius 1 is 1.50 bits per heavy atom. The van der Waals surface area contributed by atoms with E-state index < -0.39 is 5.56 Å². The molecule has 0 amide bonds. The van der Waals surface area contributed by atoms with Crippen LogP contribution in [-0.2, 0) is 18.3 Å². The number of ether oxygens (including phenoxy) is 1. The molecule has 0 saturated carbocycles. The van der Waals surface area contributed by atoms with Crippen LogP contribution in [0.2, 0.25) is 0 Å². The Bertz CT molecular complexity index is 537. The molecule has 0 radical (unpaired) electrons. The number of nitrogens with zero attached hydrogens (tertiary/aromatic N) is 2. The molecule has 2 heterocycles. The summed E-state index contributed by atoms with van der Waals surface area (Å²) in [5, 5.41) is 0. The minimum absolute atomic E-state index is 0.0781. The van der Waals surface area contributed by atoms with E-state index in [1.807, 2.05) is 13.8 Å². The Morgan fingerprint density at radius 2 is 2.17 bits per heavy atom. The topological polar surface area (TPSA) is 79.2 Å². The summed E-state index contributed by atoms with van der Waals surface area (Å²) < 4.78 is 8.26. The van der Waals surface area contributed by atoms with Crippen molar-refractivity contribution in [2.45, 2.75) is 44.9 Å². The third-order valence-electron chi connectivity index (χ3n) is 3.30. The summed E-state index contributed by atoms with van der Waals surface area (Å²) in [6, 6.07) is 0. The van der Waals surface area contributed by atoms with Crippen molar-refractivity contribution in [1.82, 2.24) is 9.13 Å². The van der Waals surface area contributed by atoms with Crippen LogP contribution in [0.3, 0.4) is 0 Å². The van der Waals surface area contributed by atoms with Crippen molar-refractivity contribution in [3.05, 3.63) is 27.0 Å². The van der Waals surface area contributed by atoms with Crippen LogP contribution in [0.1, 0.15) is 26.7 Å². The molecule has 6 heteroatoms. The van der Waals surface area contributed by atoms with E-state index in [1.165, 1.54) is 10.8 Å². The number of anilines is 1. The van der Waals surface area contributed by atoms with Crippen LogP contribution in [0.15, 0.2) is 15.8 Å². The van der Waals surface area contributed by atoms with Gasteiger partial charge in [-0.1, -0.05) is 0 Å². The molecule has 1 aliphatic heterocycles. The van der Waals surface area contributed by atoms with Crippen molar-refractivity contribution in [3.63, 3.8) is 0 Å². The third kappa shape index (κ3) is 2.33. The van der Waals surface area contributed by atoms with Crippen molar-refractivity contribution in [2.75, 3.05) is 5.73 Å². The van der Waals surface area contributed by atoms with E-state index in [1.54, 1.807) is 7.05 Å². The number of hydrogen-bond acceptors (Lipinski definition) is 4. The lowest BCUT2D eigenvalue weighted by Crippen LogP contribution is -2.42. The molecule has 2 N–H and O–H groups in total. The number of nitrogens with two attached hydrogens (primary N) is 1. The standard InChI is InChI=1S/C12H19N3O3/c1-12(2)5-4-8(18-12)6-15-10(16)9(13)7-14(3)11(15)17/h7-8H,4-6,13H2,1-3H3. The molecular weight excluding hydrogens is 234 g/mol. The number of nitrogen functional groups attached to an aromatic ring is 1. The number of aromatic nitrogens is 2. The summed E-state index contributed by atoms with van der Waals surface area (Å²) in [6.07, 6.45) is 3.01. The first-order chi connectivity index (χ1) is 8.30. The van der Waals surface area contributed by atoms with Crippen LogP contribution in [0.25, 0.3) is 0 Å². The maximum atomic E-state index is 11.9. The second kappa shape index (κ2) is 4.28. The van der Waals surface area contributed by atoms with Crippen molar-refractivity contribution < 1.29 is 4.74 Å². The minimum Gasteiger partial charge on any atom is -0.393 e. The van der Waals surface area contributed by atoms with Gasteiger partial charge in [-0.2, -0.15) is 0 Å². The Morgan fingerprint density at radius 3 is 2.72 bits per heavy atom. The summed E-state index contributed by atoms with van der Waals surface area (Å²) in [6.45, 7) is 4.28. The fourth-order valence-electron chi connectivity index (χ4n) is 2.32. The Balaban J connectivity index is 2.31. The molecule has 0 aliphatic carbocycles. The monoisotopic (exact) mass is 253 g/mol. The van der Waals surface area contributed by atoms with Gasteiger partial charge < -0.3 is 15.0 Å². The van der Waals surface area contributed by atoms with Crippen molar-refractivity contribution in [3.8, 4) is 0 Å². The first kappa shape index (κ1) is 12.9. The fourth-order valence-corrected chi connectivity index (χ4v) is 2.32. The molecule has 1 unspecified atom stereocenters. The van der Waals surface area contributed by atoms with Gasteiger partial charge in [0.2, 0.25) is 0 Å². The lowest BCUT2D eigenvalue weighted by Gasteiger charge is -2.19. The fraction of sp³-hybridized carbons (Fsp3) is 0.667. The zero-order valence-electron chi connectivity index (χ0n) is 11.0. The van der Waals surface area contributed by atoms with Gasteiger partial charge in [0.25, 0.3) is 5.56 Å². The van der Waals surface area contributed by atoms with Crippen LogP contribution >= 0.6 is 0 Å². The van der Waals surface area contributed by atoms with Crippen LogP contribution in [0.4, 0.5) is 5.69 Å². The predicted molar refractivity (Wildman–Crippen MR) is 68.5 cm³/mol. The molecule has 100 valence electrons. The average molecular weight is 253 g/mol. The highest BCUT2D eigenvalue weighted by Crippen LogP contribution is 2.29. The van der Waals surface area contributed by atoms with E-state index in [-0.39, 0.29) is 29.6 Å². The van der Waals surface area contributed by atoms with E-state index in [0.29, 0.717) is 0 Å². The number of aryl methyl sites for hydroxylation is 1. The van der Waals surface area contributed by atoms with Crippen LogP contribution in [-0.4, -0.2) is 20.8 Å². The molecule has 1 aromatic rings. The highest BCUT2D eigenvalue weighted by Gasteiger charge is 2.32. The highest BCUT2D eigenvalue weighted by molar-refractivity contribution is 5.30. The number of hydrogen-bond donors (Lipinski definition) is 1. The van der Waals surface area contributed by atoms with Crippen LogP contribution < -0.4 is 17.0 Å². The van der Waals surface area contributed by atoms with Gasteiger partial charge in [0, 0.05) is 13.2 Å². The van der Waals surface area contributed by atoms with Crippen molar-refractivity contribution in [1.29, 1.82) is 0 Å². The smallest absolute Gasteiger partial charge is 0.330 e. The minimum atomic E-state index is -0.439. The normalized spacial score (nSPS) is 22.3. The summed E-state index contributed by atoms with van der Waals surface area (Å²) in [4.78, 5) is 23.8. The van der Waals surface area contributed by atoms with Crippen LogP contribution in [0.5, 0.6) is 0 Å². The average Bonchev–Trinajstić information content (AvgIpc) is 2.62. The summed E-state index contributed by atoms with van der Waals surface area (Å²) in [5.41, 5.74) is 4.68. The molecule has 18 heavy (non-hydrogen) atoms. The lowest BCUT2D eigenvalue weighted by molar-refractivity contribution is -0.0226. The highest BCUT2D eigenvalue weighted by atomic mass is 16.5. The van der Waals surface area contributed by atoms with Crippen LogP contribution in [0, 0.1) is 0 Å². The van der Waals surface area contributed by atoms with E-state index in [4.69, 9.17) is 10.5 Å². The van der Waals surface area contributed by atoms with Gasteiger partial charge in [-0.3, -0.25) is 9.36 Å². The maximum Gasteiger partial charge on any atom is 0.330 e. The lowest BCUT2D eigenvalue weighted by atomic mass is 10.1. The Labute approximate surface area is 105 Å². The quantitative estimate of drug-likeness (QED) is 0.810. The summed E-state index contributed by atoms with van der Waals surface area (Å²) in [7, 11) is 1.58. The largest absolute Gasteiger partial charge is 0.393 e. The second-order valence-electron chi connectivity index (χ2n) is 5.43. The molecular formula is C12H19N3O3. The zero-order valence-corrected chi connectivity index (χ0v) is 11.0. The van der Waals surface area contributed by atoms with Gasteiger partial charge in [0.15, 0.2) is 0 Å². The molecule has 1 saturated heterocycles. The van der Waals surface area contributed by atoms with Gasteiger partial charge in [-0.05, 0) is 26.7 Å². The first-order valence-electron chi connectivity index (χ1n) is 6.04. The van der Waals surface area contributed by atoms with E-state index in [0.717, 1.165) is 17.4 Å². The molecule has 1 aliphatic rings. The maximum absolute atomic E-state index is 11.9. The SMILES string of the molecule is Cn1cc(N)c(=O)n(CC2CCC(C)(C)O2)c1=O. The number of rotatable bonds is 2. The molecule has 6 nitrogen and oxygen atoms in total. The third-order valence-corrected chi connectivity index (χ3v) is 3.30. The van der Waals surface area contributed by atoms with Gasteiger partial charge in [0.05, 0.1) is 18.2 Å². The molecule has 1 atom stereocenters. The summed E-state index contributed by atoms with van der Waals surface area (Å²) >= 11 is 0. The van der Waals surface area contributed by atoms with E-state index in [9.17, 15) is 9.59 Å². The molecule has 2 rings (SSSR count). The Kier molecular flexibility index (Phi) is 3.06. The molecule has 0 spiro atoms. The van der Waals surface area contributed by atoms with E-state index >= 15 is 0 Å². The molecule has 0 bridgehead atoms. The second-order valence-corrected chi connectivity index (χ2v) is 5.43. The van der Waals surface area contributed by atoms with Gasteiger partial charge in [-0.25, -0.2) is 4.79 Å². The van der Waals surface area contributed by atoms with E-state index in [2.05, 4.69) is 0 Å². The van der Waals surface area contributed by atoms with Crippen molar-refractivity contribution in [2.24, 2.45) is 7.05 Å². The predicted octanol–water partition coefficient (Wildman–Crippen LogP) is 0.0868. The first-order valence-corrected chi connectivity index (χ1v) is 6.04. The molecule has 1 aromatic heterocycles. The van der Waals surface area contributed by atoms with Gasteiger partial charge in [0.1, 0.15) is 5.69 Å². The Hall–Kier alpha value is -1.56. The molecule has 0 aromatic carbocycles. The zero-order chi connectivity index (χ0) is 13.5.